The van der Waals surface area contributed by atoms with Crippen molar-refractivity contribution in [3.05, 3.63) is 29.2 Å². The van der Waals surface area contributed by atoms with Crippen LogP contribution in [-0.2, 0) is 0 Å². The monoisotopic (exact) mass is 195 g/mol. The van der Waals surface area contributed by atoms with Crippen LogP contribution in [0.4, 0.5) is 0 Å². The van der Waals surface area contributed by atoms with E-state index in [-0.39, 0.29) is 5.35 Å². The predicted octanol–water partition coefficient (Wildman–Crippen LogP) is 2.09. The number of nitrogens with zero attached hydrogens (tertiary/aromatic N) is 3. The first-order valence-electron chi connectivity index (χ1n) is 3.68. The van der Waals surface area contributed by atoms with Gasteiger partial charge in [0.25, 0.3) is 5.89 Å². The third kappa shape index (κ3) is 1.53. The summed E-state index contributed by atoms with van der Waals surface area (Å²) in [5.74, 6) is 0.350. The van der Waals surface area contributed by atoms with E-state index in [0.29, 0.717) is 11.6 Å². The predicted molar refractivity (Wildman–Crippen MR) is 47.3 cm³/mol. The Bertz CT molecular complexity index is 427. The Kier molecular flexibility index (Phi) is 1.98. The zero-order valence-corrected chi connectivity index (χ0v) is 7.62. The van der Waals surface area contributed by atoms with Gasteiger partial charge in [-0.15, -0.1) is 5.10 Å². The fourth-order valence-electron chi connectivity index (χ4n) is 1.01. The molecule has 0 fully saturated rings. The fraction of sp³-hybridized carbons (Fsp3) is 0.125. The molecule has 2 aromatic rings. The highest BCUT2D eigenvalue weighted by Crippen LogP contribution is 2.20. The highest BCUT2D eigenvalue weighted by atomic mass is 35.5. The number of rotatable bonds is 1. The first-order chi connectivity index (χ1) is 6.27. The largest absolute Gasteiger partial charge is 0.406 e. The van der Waals surface area contributed by atoms with Gasteiger partial charge in [0, 0.05) is 6.20 Å². The molecule has 0 saturated carbocycles. The van der Waals surface area contributed by atoms with Gasteiger partial charge in [-0.05, 0) is 30.2 Å². The Morgan fingerprint density at radius 1 is 1.38 bits per heavy atom. The minimum absolute atomic E-state index is 0.0278. The van der Waals surface area contributed by atoms with Crippen LogP contribution in [0.25, 0.3) is 11.6 Å². The molecule has 0 aliphatic heterocycles. The van der Waals surface area contributed by atoms with E-state index >= 15 is 0 Å². The van der Waals surface area contributed by atoms with Crippen LogP contribution in [0.1, 0.15) is 5.56 Å². The normalized spacial score (nSPS) is 10.3. The highest BCUT2D eigenvalue weighted by Gasteiger charge is 2.09. The number of aromatic nitrogens is 3. The van der Waals surface area contributed by atoms with E-state index in [0.717, 1.165) is 5.56 Å². The second kappa shape index (κ2) is 3.14. The Hall–Kier alpha value is -1.42. The summed E-state index contributed by atoms with van der Waals surface area (Å²) >= 11 is 5.49. The average molecular weight is 196 g/mol. The van der Waals surface area contributed by atoms with Crippen LogP contribution in [-0.4, -0.2) is 15.2 Å². The summed E-state index contributed by atoms with van der Waals surface area (Å²) in [6, 6.07) is 3.76. The van der Waals surface area contributed by atoms with Gasteiger partial charge < -0.3 is 4.42 Å². The van der Waals surface area contributed by atoms with Crippen LogP contribution < -0.4 is 0 Å². The summed E-state index contributed by atoms with van der Waals surface area (Å²) in [5.41, 5.74) is 1.64. The number of hydrogen-bond acceptors (Lipinski definition) is 4. The van der Waals surface area contributed by atoms with Gasteiger partial charge in [-0.25, -0.2) is 0 Å². The molecule has 66 valence electrons. The fourth-order valence-corrected chi connectivity index (χ4v) is 1.12. The first-order valence-corrected chi connectivity index (χ1v) is 4.06. The Morgan fingerprint density at radius 3 is 2.85 bits per heavy atom. The van der Waals surface area contributed by atoms with Gasteiger partial charge >= 0.3 is 5.35 Å². The molecule has 0 amide bonds. The van der Waals surface area contributed by atoms with E-state index in [1.165, 1.54) is 0 Å². The molecule has 0 saturated heterocycles. The van der Waals surface area contributed by atoms with Crippen molar-refractivity contribution in [2.45, 2.75) is 6.92 Å². The van der Waals surface area contributed by atoms with Crippen molar-refractivity contribution < 1.29 is 4.42 Å². The molecule has 0 aliphatic rings. The molecule has 4 nitrogen and oxygen atoms in total. The first kappa shape index (κ1) is 8.19. The molecule has 2 heterocycles. The van der Waals surface area contributed by atoms with Gasteiger partial charge in [0.1, 0.15) is 5.69 Å². The average Bonchev–Trinajstić information content (AvgIpc) is 2.53. The molecule has 2 rings (SSSR count). The summed E-state index contributed by atoms with van der Waals surface area (Å²) < 4.78 is 5.03. The van der Waals surface area contributed by atoms with Crippen molar-refractivity contribution in [2.75, 3.05) is 0 Å². The molecule has 0 aliphatic carbocycles. The van der Waals surface area contributed by atoms with E-state index in [9.17, 15) is 0 Å². The molecule has 0 radical (unpaired) electrons. The van der Waals surface area contributed by atoms with Crippen LogP contribution in [0.2, 0.25) is 5.35 Å². The minimum Gasteiger partial charge on any atom is -0.406 e. The molecule has 0 bridgehead atoms. The summed E-state index contributed by atoms with van der Waals surface area (Å²) in [6.07, 6.45) is 1.67. The van der Waals surface area contributed by atoms with E-state index in [4.69, 9.17) is 16.0 Å². The third-order valence-corrected chi connectivity index (χ3v) is 1.77. The SMILES string of the molecule is Cc1cccnc1-c1nnc(Cl)o1. The van der Waals surface area contributed by atoms with Gasteiger partial charge in [-0.3, -0.25) is 4.98 Å². The van der Waals surface area contributed by atoms with E-state index in [1.807, 2.05) is 19.1 Å². The number of pyridine rings is 1. The van der Waals surface area contributed by atoms with E-state index in [2.05, 4.69) is 15.2 Å². The molecule has 5 heteroatoms. The maximum Gasteiger partial charge on any atom is 0.313 e. The molecule has 0 unspecified atom stereocenters. The zero-order valence-electron chi connectivity index (χ0n) is 6.86. The quantitative estimate of drug-likeness (QED) is 0.699. The zero-order chi connectivity index (χ0) is 9.26. The second-order valence-corrected chi connectivity index (χ2v) is 2.85. The molecule has 13 heavy (non-hydrogen) atoms. The van der Waals surface area contributed by atoms with Crippen LogP contribution in [0.15, 0.2) is 22.7 Å². The van der Waals surface area contributed by atoms with Crippen LogP contribution in [0, 0.1) is 6.92 Å². The summed E-state index contributed by atoms with van der Waals surface area (Å²) in [7, 11) is 0. The number of halogens is 1. The van der Waals surface area contributed by atoms with Crippen LogP contribution in [0.5, 0.6) is 0 Å². The van der Waals surface area contributed by atoms with Crippen molar-refractivity contribution in [1.29, 1.82) is 0 Å². The smallest absolute Gasteiger partial charge is 0.313 e. The maximum absolute atomic E-state index is 5.49. The molecular formula is C8H6ClN3O. The Labute approximate surface area is 79.6 Å². The lowest BCUT2D eigenvalue weighted by Gasteiger charge is -1.96. The van der Waals surface area contributed by atoms with Gasteiger partial charge in [0.2, 0.25) is 0 Å². The maximum atomic E-state index is 5.49. The van der Waals surface area contributed by atoms with Crippen molar-refractivity contribution in [2.24, 2.45) is 0 Å². The highest BCUT2D eigenvalue weighted by molar-refractivity contribution is 6.27. The Morgan fingerprint density at radius 2 is 2.23 bits per heavy atom. The lowest BCUT2D eigenvalue weighted by Crippen LogP contribution is -1.86. The van der Waals surface area contributed by atoms with Crippen molar-refractivity contribution >= 4 is 11.6 Å². The number of aryl methyl sites for hydroxylation is 1. The molecular weight excluding hydrogens is 190 g/mol. The molecule has 0 aromatic carbocycles. The van der Waals surface area contributed by atoms with Gasteiger partial charge in [-0.1, -0.05) is 11.2 Å². The third-order valence-electron chi connectivity index (χ3n) is 1.61. The van der Waals surface area contributed by atoms with Crippen molar-refractivity contribution in [1.82, 2.24) is 15.2 Å². The van der Waals surface area contributed by atoms with E-state index in [1.54, 1.807) is 6.20 Å². The van der Waals surface area contributed by atoms with Crippen molar-refractivity contribution in [3.63, 3.8) is 0 Å². The Balaban J connectivity index is 2.52. The summed E-state index contributed by atoms with van der Waals surface area (Å²) in [5, 5.41) is 7.31. The second-order valence-electron chi connectivity index (χ2n) is 2.53. The van der Waals surface area contributed by atoms with Gasteiger partial charge in [0.05, 0.1) is 0 Å². The molecule has 2 aromatic heterocycles. The lowest BCUT2D eigenvalue weighted by atomic mass is 10.2. The number of hydrogen-bond donors (Lipinski definition) is 0. The minimum atomic E-state index is 0.0278. The summed E-state index contributed by atoms with van der Waals surface area (Å²) in [4.78, 5) is 4.11. The summed E-state index contributed by atoms with van der Waals surface area (Å²) in [6.45, 7) is 1.92. The van der Waals surface area contributed by atoms with Gasteiger partial charge in [0.15, 0.2) is 0 Å². The molecule has 0 spiro atoms. The molecule has 0 N–H and O–H groups in total. The van der Waals surface area contributed by atoms with Crippen LogP contribution in [0.3, 0.4) is 0 Å². The van der Waals surface area contributed by atoms with Crippen molar-refractivity contribution in [3.8, 4) is 11.6 Å². The van der Waals surface area contributed by atoms with Crippen LogP contribution >= 0.6 is 11.6 Å². The standard InChI is InChI=1S/C8H6ClN3O/c1-5-3-2-4-10-6(5)7-11-12-8(9)13-7/h2-4H,1H3. The van der Waals surface area contributed by atoms with E-state index < -0.39 is 0 Å². The topological polar surface area (TPSA) is 51.8 Å². The lowest BCUT2D eigenvalue weighted by molar-refractivity contribution is 0.568. The molecule has 0 atom stereocenters. The van der Waals surface area contributed by atoms with Gasteiger partial charge in [-0.2, -0.15) is 0 Å².